The second kappa shape index (κ2) is 4.14. The predicted molar refractivity (Wildman–Crippen MR) is 60.1 cm³/mol. The van der Waals surface area contributed by atoms with Gasteiger partial charge in [-0.3, -0.25) is 0 Å². The Hall–Kier alpha value is -0.503. The van der Waals surface area contributed by atoms with E-state index in [1.165, 1.54) is 12.2 Å². The van der Waals surface area contributed by atoms with Crippen LogP contribution in [0.25, 0.3) is 0 Å². The summed E-state index contributed by atoms with van der Waals surface area (Å²) in [5, 5.41) is 0. The van der Waals surface area contributed by atoms with E-state index >= 15 is 0 Å². The zero-order chi connectivity index (χ0) is 9.90. The van der Waals surface area contributed by atoms with Crippen LogP contribution in [0, 0.1) is 5.92 Å². The Kier molecular flexibility index (Phi) is 3.37. The average molecular weight is 196 g/mol. The Balaban J connectivity index is 2.45. The van der Waals surface area contributed by atoms with Gasteiger partial charge < -0.3 is 4.43 Å². The van der Waals surface area contributed by atoms with Gasteiger partial charge in [-0.15, -0.1) is 6.58 Å². The van der Waals surface area contributed by atoms with Crippen molar-refractivity contribution in [3.63, 3.8) is 0 Å². The first kappa shape index (κ1) is 10.6. The molecule has 0 aromatic carbocycles. The van der Waals surface area contributed by atoms with Gasteiger partial charge in [-0.1, -0.05) is 6.08 Å². The Morgan fingerprint density at radius 3 is 2.85 bits per heavy atom. The number of rotatable bonds is 4. The molecule has 0 N–H and O–H groups in total. The fourth-order valence-electron chi connectivity index (χ4n) is 1.64. The molecule has 2 heteroatoms. The monoisotopic (exact) mass is 196 g/mol. The molecule has 1 unspecified atom stereocenters. The highest BCUT2D eigenvalue weighted by Gasteiger charge is 2.22. The summed E-state index contributed by atoms with van der Waals surface area (Å²) in [5.74, 6) is 1.91. The van der Waals surface area contributed by atoms with Gasteiger partial charge in [-0.25, -0.2) is 0 Å². The summed E-state index contributed by atoms with van der Waals surface area (Å²) in [7, 11) is -1.37. The van der Waals surface area contributed by atoms with Gasteiger partial charge in [0.15, 0.2) is 0 Å². The van der Waals surface area contributed by atoms with E-state index in [0.717, 1.165) is 12.8 Å². The molecule has 1 nitrogen and oxygen atoms in total. The molecular weight excluding hydrogens is 176 g/mol. The summed E-state index contributed by atoms with van der Waals surface area (Å²) in [6.07, 6.45) is 7.76. The lowest BCUT2D eigenvalue weighted by atomic mass is 10.1. The topological polar surface area (TPSA) is 9.23 Å². The molecule has 1 aliphatic carbocycles. The molecule has 0 saturated carbocycles. The van der Waals surface area contributed by atoms with E-state index < -0.39 is 8.32 Å². The maximum atomic E-state index is 5.94. The van der Waals surface area contributed by atoms with Crippen molar-refractivity contribution >= 4 is 8.32 Å². The first-order chi connectivity index (χ1) is 6.01. The van der Waals surface area contributed by atoms with Crippen molar-refractivity contribution in [2.75, 3.05) is 0 Å². The maximum absolute atomic E-state index is 5.94. The van der Waals surface area contributed by atoms with Crippen LogP contribution < -0.4 is 0 Å². The third-order valence-corrected chi connectivity index (χ3v) is 2.96. The first-order valence-corrected chi connectivity index (χ1v) is 8.43. The lowest BCUT2D eigenvalue weighted by Gasteiger charge is -2.19. The molecule has 1 aliphatic rings. The molecule has 1 rings (SSSR count). The second-order valence-corrected chi connectivity index (χ2v) is 9.10. The molecule has 0 amide bonds. The largest absolute Gasteiger partial charge is 0.548 e. The Morgan fingerprint density at radius 2 is 2.31 bits per heavy atom. The van der Waals surface area contributed by atoms with Crippen molar-refractivity contribution in [1.29, 1.82) is 0 Å². The zero-order valence-electron chi connectivity index (χ0n) is 8.97. The Morgan fingerprint density at radius 1 is 1.62 bits per heavy atom. The minimum Gasteiger partial charge on any atom is -0.548 e. The minimum absolute atomic E-state index is 0.684. The standard InChI is InChI=1S/C11H20OSi/c1-5-6-10-7-8-11(9-10)12-13(2,3)4/h5,9-10H,1,6-8H2,2-4H3. The van der Waals surface area contributed by atoms with E-state index in [1.54, 1.807) is 0 Å². The molecule has 74 valence electrons. The highest BCUT2D eigenvalue weighted by molar-refractivity contribution is 6.70. The van der Waals surface area contributed by atoms with Gasteiger partial charge in [-0.05, 0) is 44.5 Å². The van der Waals surface area contributed by atoms with Gasteiger partial charge in [0, 0.05) is 6.42 Å². The molecular formula is C11H20OSi. The highest BCUT2D eigenvalue weighted by Crippen LogP contribution is 2.29. The lowest BCUT2D eigenvalue weighted by Crippen LogP contribution is -2.24. The van der Waals surface area contributed by atoms with Crippen LogP contribution in [0.4, 0.5) is 0 Å². The summed E-state index contributed by atoms with van der Waals surface area (Å²) >= 11 is 0. The molecule has 0 fully saturated rings. The van der Waals surface area contributed by atoms with Crippen LogP contribution >= 0.6 is 0 Å². The SMILES string of the molecule is C=CCC1C=C(O[Si](C)(C)C)CC1. The molecule has 0 aliphatic heterocycles. The molecule has 0 radical (unpaired) electrons. The minimum atomic E-state index is -1.37. The normalized spacial score (nSPS) is 22.7. The van der Waals surface area contributed by atoms with E-state index in [0.29, 0.717) is 5.92 Å². The third kappa shape index (κ3) is 3.81. The quantitative estimate of drug-likeness (QED) is 0.492. The van der Waals surface area contributed by atoms with Crippen molar-refractivity contribution in [2.45, 2.75) is 38.9 Å². The predicted octanol–water partition coefficient (Wildman–Crippen LogP) is 3.71. The summed E-state index contributed by atoms with van der Waals surface area (Å²) in [6.45, 7) is 10.5. The second-order valence-electron chi connectivity index (χ2n) is 4.67. The first-order valence-electron chi connectivity index (χ1n) is 5.02. The molecule has 1 atom stereocenters. The van der Waals surface area contributed by atoms with E-state index in [-0.39, 0.29) is 0 Å². The smallest absolute Gasteiger partial charge is 0.241 e. The number of hydrogen-bond donors (Lipinski definition) is 0. The van der Waals surface area contributed by atoms with Crippen LogP contribution in [0.2, 0.25) is 19.6 Å². The van der Waals surface area contributed by atoms with E-state index in [4.69, 9.17) is 4.43 Å². The number of allylic oxidation sites excluding steroid dienone is 3. The molecule has 0 aromatic rings. The van der Waals surface area contributed by atoms with Crippen LogP contribution in [0.3, 0.4) is 0 Å². The van der Waals surface area contributed by atoms with Gasteiger partial charge in [0.2, 0.25) is 8.32 Å². The van der Waals surface area contributed by atoms with E-state index in [9.17, 15) is 0 Å². The molecule has 13 heavy (non-hydrogen) atoms. The average Bonchev–Trinajstić information content (AvgIpc) is 2.33. The number of hydrogen-bond acceptors (Lipinski definition) is 1. The van der Waals surface area contributed by atoms with Gasteiger partial charge in [-0.2, -0.15) is 0 Å². The Bertz CT molecular complexity index is 213. The van der Waals surface area contributed by atoms with Crippen molar-refractivity contribution in [3.05, 3.63) is 24.5 Å². The summed E-state index contributed by atoms with van der Waals surface area (Å²) in [6, 6.07) is 0. The molecule has 0 aromatic heterocycles. The van der Waals surface area contributed by atoms with Gasteiger partial charge >= 0.3 is 0 Å². The molecule has 0 heterocycles. The van der Waals surface area contributed by atoms with E-state index in [1.807, 2.05) is 6.08 Å². The van der Waals surface area contributed by atoms with Crippen LogP contribution in [-0.2, 0) is 4.43 Å². The summed E-state index contributed by atoms with van der Waals surface area (Å²) in [5.41, 5.74) is 0. The molecule has 0 saturated heterocycles. The van der Waals surface area contributed by atoms with Crippen molar-refractivity contribution in [3.8, 4) is 0 Å². The highest BCUT2D eigenvalue weighted by atomic mass is 28.4. The van der Waals surface area contributed by atoms with Gasteiger partial charge in [0.25, 0.3) is 0 Å². The molecule has 0 spiro atoms. The van der Waals surface area contributed by atoms with E-state index in [2.05, 4.69) is 32.3 Å². The zero-order valence-corrected chi connectivity index (χ0v) is 9.97. The molecule has 0 bridgehead atoms. The van der Waals surface area contributed by atoms with Gasteiger partial charge in [0.1, 0.15) is 0 Å². The Labute approximate surface area is 82.6 Å². The fraction of sp³-hybridized carbons (Fsp3) is 0.636. The van der Waals surface area contributed by atoms with Crippen LogP contribution in [0.1, 0.15) is 19.3 Å². The van der Waals surface area contributed by atoms with Crippen molar-refractivity contribution < 1.29 is 4.43 Å². The fourth-order valence-corrected chi connectivity index (χ4v) is 2.59. The summed E-state index contributed by atoms with van der Waals surface area (Å²) in [4.78, 5) is 0. The lowest BCUT2D eigenvalue weighted by molar-refractivity contribution is 0.407. The van der Waals surface area contributed by atoms with Crippen LogP contribution in [-0.4, -0.2) is 8.32 Å². The third-order valence-electron chi connectivity index (χ3n) is 2.09. The van der Waals surface area contributed by atoms with Crippen molar-refractivity contribution in [2.24, 2.45) is 5.92 Å². The van der Waals surface area contributed by atoms with Gasteiger partial charge in [0.05, 0.1) is 5.76 Å². The van der Waals surface area contributed by atoms with Crippen LogP contribution in [0.5, 0.6) is 0 Å². The van der Waals surface area contributed by atoms with Crippen molar-refractivity contribution in [1.82, 2.24) is 0 Å². The summed E-state index contributed by atoms with van der Waals surface area (Å²) < 4.78 is 5.94. The maximum Gasteiger partial charge on any atom is 0.241 e. The van der Waals surface area contributed by atoms with Crippen LogP contribution in [0.15, 0.2) is 24.5 Å².